The van der Waals surface area contributed by atoms with Gasteiger partial charge in [-0.1, -0.05) is 70.4 Å². The number of phosphoric ester groups is 1. The average Bonchev–Trinajstić information content (AvgIpc) is 2.82. The SMILES string of the molecule is CCCCCCCC/C=C/CCCCCCCC(=O)OCC(O)COP(=O)(O)OCC(O)CO. The number of rotatable bonds is 24. The molecule has 0 aromatic heterocycles. The van der Waals surface area contributed by atoms with Crippen LogP contribution in [0.4, 0.5) is 0 Å². The van der Waals surface area contributed by atoms with Crippen molar-refractivity contribution >= 4 is 13.8 Å². The van der Waals surface area contributed by atoms with E-state index in [1.165, 1.54) is 44.9 Å². The number of aliphatic hydroxyl groups excluding tert-OH is 3. The minimum Gasteiger partial charge on any atom is -0.463 e. The van der Waals surface area contributed by atoms with Crippen LogP contribution in [0.1, 0.15) is 96.8 Å². The van der Waals surface area contributed by atoms with Crippen LogP contribution in [0.3, 0.4) is 0 Å². The van der Waals surface area contributed by atoms with Gasteiger partial charge < -0.3 is 24.9 Å². The lowest BCUT2D eigenvalue weighted by Crippen LogP contribution is -2.24. The van der Waals surface area contributed by atoms with Gasteiger partial charge in [0, 0.05) is 6.42 Å². The fourth-order valence-electron chi connectivity index (χ4n) is 3.10. The van der Waals surface area contributed by atoms with Crippen LogP contribution in [0.25, 0.3) is 0 Å². The molecule has 0 bridgehead atoms. The highest BCUT2D eigenvalue weighted by atomic mass is 31.2. The molecule has 0 amide bonds. The van der Waals surface area contributed by atoms with Gasteiger partial charge in [-0.15, -0.1) is 0 Å². The molecule has 0 heterocycles. The van der Waals surface area contributed by atoms with Gasteiger partial charge in [-0.2, -0.15) is 0 Å². The molecular weight excluding hydrogens is 463 g/mol. The van der Waals surface area contributed by atoms with Crippen molar-refractivity contribution in [2.24, 2.45) is 0 Å². The molecule has 0 aliphatic heterocycles. The van der Waals surface area contributed by atoms with E-state index in [-0.39, 0.29) is 13.0 Å². The predicted molar refractivity (Wildman–Crippen MR) is 131 cm³/mol. The maximum Gasteiger partial charge on any atom is 0.472 e. The quantitative estimate of drug-likeness (QED) is 0.0642. The molecule has 10 heteroatoms. The summed E-state index contributed by atoms with van der Waals surface area (Å²) in [7, 11) is -4.48. The summed E-state index contributed by atoms with van der Waals surface area (Å²) in [5.41, 5.74) is 0. The average molecular weight is 511 g/mol. The van der Waals surface area contributed by atoms with Gasteiger partial charge in [-0.25, -0.2) is 4.57 Å². The number of unbranched alkanes of at least 4 members (excludes halogenated alkanes) is 11. The number of hydrogen-bond acceptors (Lipinski definition) is 8. The van der Waals surface area contributed by atoms with Gasteiger partial charge in [-0.05, 0) is 32.1 Å². The summed E-state index contributed by atoms with van der Waals surface area (Å²) in [4.78, 5) is 21.1. The number of carbonyl (C=O) groups excluding carboxylic acids is 1. The Hall–Kier alpha value is -0.800. The van der Waals surface area contributed by atoms with Gasteiger partial charge >= 0.3 is 13.8 Å². The Kier molecular flexibility index (Phi) is 22.1. The smallest absolute Gasteiger partial charge is 0.463 e. The third-order valence-electron chi connectivity index (χ3n) is 5.15. The zero-order chi connectivity index (χ0) is 25.5. The Balaban J connectivity index is 3.56. The van der Waals surface area contributed by atoms with Crippen molar-refractivity contribution in [3.8, 4) is 0 Å². The summed E-state index contributed by atoms with van der Waals surface area (Å²) in [6.07, 6.45) is 17.5. The minimum absolute atomic E-state index is 0.256. The number of phosphoric acid groups is 1. The lowest BCUT2D eigenvalue weighted by molar-refractivity contribution is -0.147. The molecule has 34 heavy (non-hydrogen) atoms. The molecule has 0 fully saturated rings. The van der Waals surface area contributed by atoms with E-state index in [0.717, 1.165) is 32.1 Å². The van der Waals surface area contributed by atoms with Gasteiger partial charge in [0.1, 0.15) is 18.8 Å². The lowest BCUT2D eigenvalue weighted by atomic mass is 10.1. The zero-order valence-electron chi connectivity index (χ0n) is 20.8. The number of hydrogen-bond donors (Lipinski definition) is 4. The van der Waals surface area contributed by atoms with E-state index < -0.39 is 45.8 Å². The lowest BCUT2D eigenvalue weighted by Gasteiger charge is -2.16. The van der Waals surface area contributed by atoms with E-state index in [9.17, 15) is 19.4 Å². The molecule has 0 aliphatic rings. The van der Waals surface area contributed by atoms with Crippen LogP contribution < -0.4 is 0 Å². The maximum absolute atomic E-state index is 11.7. The summed E-state index contributed by atoms with van der Waals surface area (Å²) in [5, 5.41) is 27.4. The molecule has 4 N–H and O–H groups in total. The van der Waals surface area contributed by atoms with E-state index >= 15 is 0 Å². The normalized spacial score (nSPS) is 15.3. The first-order valence-corrected chi connectivity index (χ1v) is 14.2. The number of ether oxygens (including phenoxy) is 1. The highest BCUT2D eigenvalue weighted by molar-refractivity contribution is 7.47. The van der Waals surface area contributed by atoms with Gasteiger partial charge in [0.25, 0.3) is 0 Å². The van der Waals surface area contributed by atoms with Gasteiger partial charge in [-0.3, -0.25) is 13.8 Å². The third kappa shape index (κ3) is 23.0. The molecule has 3 unspecified atom stereocenters. The topological polar surface area (TPSA) is 143 Å². The van der Waals surface area contributed by atoms with Crippen LogP contribution in [-0.2, 0) is 23.1 Å². The zero-order valence-corrected chi connectivity index (χ0v) is 21.7. The number of aliphatic hydroxyl groups is 3. The Bertz CT molecular complexity index is 557. The van der Waals surface area contributed by atoms with Crippen LogP contribution >= 0.6 is 7.82 Å². The van der Waals surface area contributed by atoms with Gasteiger partial charge in [0.15, 0.2) is 0 Å². The van der Waals surface area contributed by atoms with Crippen molar-refractivity contribution in [3.63, 3.8) is 0 Å². The van der Waals surface area contributed by atoms with Crippen LogP contribution in [0.2, 0.25) is 0 Å². The number of carbonyl (C=O) groups is 1. The maximum atomic E-state index is 11.7. The third-order valence-corrected chi connectivity index (χ3v) is 6.10. The van der Waals surface area contributed by atoms with Gasteiger partial charge in [0.2, 0.25) is 0 Å². The Morgan fingerprint density at radius 3 is 1.85 bits per heavy atom. The van der Waals surface area contributed by atoms with Crippen molar-refractivity contribution in [1.82, 2.24) is 0 Å². The van der Waals surface area contributed by atoms with Crippen LogP contribution in [-0.4, -0.2) is 64.8 Å². The van der Waals surface area contributed by atoms with Crippen molar-refractivity contribution in [1.29, 1.82) is 0 Å². The highest BCUT2D eigenvalue weighted by Gasteiger charge is 2.24. The van der Waals surface area contributed by atoms with Gasteiger partial charge in [0.05, 0.1) is 19.8 Å². The standard InChI is InChI=1S/C24H47O9P/c1-2-3-4-5-6-7-8-9-10-11-12-13-14-15-16-17-24(28)31-19-23(27)21-33-34(29,30)32-20-22(26)18-25/h9-10,22-23,25-27H,2-8,11-21H2,1H3,(H,29,30)/b10-9+. The van der Waals surface area contributed by atoms with E-state index in [1.807, 2.05) is 0 Å². The summed E-state index contributed by atoms with van der Waals surface area (Å²) in [6.45, 7) is 0.0769. The molecule has 202 valence electrons. The number of esters is 1. The monoisotopic (exact) mass is 510 g/mol. The summed E-state index contributed by atoms with van der Waals surface area (Å²) >= 11 is 0. The molecule has 3 atom stereocenters. The van der Waals surface area contributed by atoms with Crippen molar-refractivity contribution in [2.45, 2.75) is 109 Å². The Morgan fingerprint density at radius 1 is 0.794 bits per heavy atom. The largest absolute Gasteiger partial charge is 0.472 e. The fourth-order valence-corrected chi connectivity index (χ4v) is 3.90. The predicted octanol–water partition coefficient (Wildman–Crippen LogP) is 4.41. The van der Waals surface area contributed by atoms with Crippen molar-refractivity contribution < 1.29 is 43.4 Å². The molecule has 0 saturated heterocycles. The first kappa shape index (κ1) is 33.2. The van der Waals surface area contributed by atoms with Crippen molar-refractivity contribution in [3.05, 3.63) is 12.2 Å². The molecule has 0 saturated carbocycles. The fraction of sp³-hybridized carbons (Fsp3) is 0.875. The highest BCUT2D eigenvalue weighted by Crippen LogP contribution is 2.43. The van der Waals surface area contributed by atoms with E-state index in [4.69, 9.17) is 14.9 Å². The second-order valence-corrected chi connectivity index (χ2v) is 10.0. The Morgan fingerprint density at radius 2 is 1.29 bits per heavy atom. The molecule has 0 spiro atoms. The first-order chi connectivity index (χ1) is 16.3. The number of allylic oxidation sites excluding steroid dienone is 2. The molecule has 0 aromatic rings. The Labute approximate surface area is 205 Å². The molecule has 0 rings (SSSR count). The van der Waals surface area contributed by atoms with Crippen LogP contribution in [0.5, 0.6) is 0 Å². The van der Waals surface area contributed by atoms with E-state index in [0.29, 0.717) is 6.42 Å². The summed E-state index contributed by atoms with van der Waals surface area (Å²) in [6, 6.07) is 0. The molecule has 0 aromatic carbocycles. The second kappa shape index (κ2) is 22.7. The summed E-state index contributed by atoms with van der Waals surface area (Å²) in [5.74, 6) is -0.439. The van der Waals surface area contributed by atoms with Crippen LogP contribution in [0.15, 0.2) is 12.2 Å². The molecular formula is C24H47O9P. The van der Waals surface area contributed by atoms with Crippen molar-refractivity contribution in [2.75, 3.05) is 26.4 Å². The molecule has 0 aliphatic carbocycles. The van der Waals surface area contributed by atoms with Crippen LogP contribution in [0, 0.1) is 0 Å². The first-order valence-electron chi connectivity index (χ1n) is 12.7. The van der Waals surface area contributed by atoms with E-state index in [2.05, 4.69) is 28.1 Å². The van der Waals surface area contributed by atoms with E-state index in [1.54, 1.807) is 0 Å². The molecule has 9 nitrogen and oxygen atoms in total. The molecule has 0 radical (unpaired) electrons. The second-order valence-electron chi connectivity index (χ2n) is 8.57. The minimum atomic E-state index is -4.48. The summed E-state index contributed by atoms with van der Waals surface area (Å²) < 4.78 is 25.5.